The summed E-state index contributed by atoms with van der Waals surface area (Å²) in [6.45, 7) is 0.442. The first-order valence-electron chi connectivity index (χ1n) is 3.61. The molecule has 0 aromatic carbocycles. The molecule has 1 rings (SSSR count). The van der Waals surface area contributed by atoms with Gasteiger partial charge in [0.1, 0.15) is 5.76 Å². The number of nitrogens with zero attached hydrogens (tertiary/aromatic N) is 1. The van der Waals surface area contributed by atoms with Crippen molar-refractivity contribution in [2.75, 3.05) is 20.1 Å². The van der Waals surface area contributed by atoms with Crippen LogP contribution in [0.25, 0.3) is 0 Å². The molecule has 0 aromatic heterocycles. The number of hydrogen-bond donors (Lipinski definition) is 0. The molecule has 0 fully saturated rings. The van der Waals surface area contributed by atoms with Crippen LogP contribution in [0.4, 0.5) is 13.2 Å². The highest BCUT2D eigenvalue weighted by Crippen LogP contribution is 2.27. The zero-order chi connectivity index (χ0) is 11.0. The minimum atomic E-state index is -5.50. The fraction of sp³-hybridized carbons (Fsp3) is 0.667. The zero-order valence-electron chi connectivity index (χ0n) is 7.21. The van der Waals surface area contributed by atoms with Crippen LogP contribution >= 0.6 is 0 Å². The molecule has 4 nitrogen and oxygen atoms in total. The summed E-state index contributed by atoms with van der Waals surface area (Å²) in [5.74, 6) is -0.190. The van der Waals surface area contributed by atoms with Crippen LogP contribution in [-0.4, -0.2) is 39.0 Å². The van der Waals surface area contributed by atoms with Crippen molar-refractivity contribution in [2.24, 2.45) is 0 Å². The first-order chi connectivity index (χ1) is 6.22. The second-order valence-corrected chi connectivity index (χ2v) is 4.39. The molecule has 0 atom stereocenters. The van der Waals surface area contributed by atoms with Crippen molar-refractivity contribution < 1.29 is 25.8 Å². The molecule has 0 N–H and O–H groups in total. The Labute approximate surface area is 79.1 Å². The molecule has 0 unspecified atom stereocenters. The Hall–Kier alpha value is -0.760. The summed E-state index contributed by atoms with van der Waals surface area (Å²) in [7, 11) is -3.87. The summed E-state index contributed by atoms with van der Waals surface area (Å²) >= 11 is 0. The van der Waals surface area contributed by atoms with Crippen molar-refractivity contribution in [3.05, 3.63) is 11.8 Å². The molecular formula is C6H8F3NO3S. The van der Waals surface area contributed by atoms with Crippen molar-refractivity contribution in [1.29, 1.82) is 0 Å². The van der Waals surface area contributed by atoms with Crippen LogP contribution in [-0.2, 0) is 14.3 Å². The predicted molar refractivity (Wildman–Crippen MR) is 41.6 cm³/mol. The van der Waals surface area contributed by atoms with Gasteiger partial charge in [-0.1, -0.05) is 0 Å². The molecule has 0 spiro atoms. The quantitative estimate of drug-likeness (QED) is 0.518. The molecule has 0 saturated carbocycles. The fourth-order valence-corrected chi connectivity index (χ4v) is 1.40. The summed E-state index contributed by atoms with van der Waals surface area (Å²) in [6, 6.07) is 0. The van der Waals surface area contributed by atoms with Gasteiger partial charge in [0.15, 0.2) is 0 Å². The minimum absolute atomic E-state index is 0.0648. The summed E-state index contributed by atoms with van der Waals surface area (Å²) < 4.78 is 60.4. The van der Waals surface area contributed by atoms with E-state index in [2.05, 4.69) is 4.18 Å². The van der Waals surface area contributed by atoms with E-state index in [-0.39, 0.29) is 12.3 Å². The van der Waals surface area contributed by atoms with Gasteiger partial charge in [0.2, 0.25) is 0 Å². The minimum Gasteiger partial charge on any atom is -0.379 e. The fourth-order valence-electron chi connectivity index (χ4n) is 0.901. The average molecular weight is 231 g/mol. The number of rotatable bonds is 2. The Balaban J connectivity index is 2.71. The van der Waals surface area contributed by atoms with Crippen molar-refractivity contribution in [2.45, 2.75) is 5.51 Å². The highest BCUT2D eigenvalue weighted by molar-refractivity contribution is 7.87. The third kappa shape index (κ3) is 2.38. The third-order valence-corrected chi connectivity index (χ3v) is 2.56. The molecular weight excluding hydrogens is 223 g/mol. The van der Waals surface area contributed by atoms with Crippen LogP contribution in [0.2, 0.25) is 0 Å². The first kappa shape index (κ1) is 11.3. The molecule has 0 radical (unpaired) electrons. The third-order valence-electron chi connectivity index (χ3n) is 1.56. The largest absolute Gasteiger partial charge is 0.534 e. The van der Waals surface area contributed by atoms with E-state index in [4.69, 9.17) is 0 Å². The predicted octanol–water partition coefficient (Wildman–Crippen LogP) is 0.682. The molecule has 0 aliphatic carbocycles. The molecule has 0 bridgehead atoms. The number of likely N-dealkylation sites (N-methyl/N-ethyl adjacent to an activating group) is 1. The topological polar surface area (TPSA) is 46.6 Å². The SMILES string of the molecule is CN1CC=C(OS(=O)(=O)C(F)(F)F)C1. The second kappa shape index (κ2) is 3.43. The lowest BCUT2D eigenvalue weighted by Gasteiger charge is -2.11. The Morgan fingerprint density at radius 2 is 2.07 bits per heavy atom. The molecule has 1 aliphatic heterocycles. The zero-order valence-corrected chi connectivity index (χ0v) is 8.02. The van der Waals surface area contributed by atoms with Crippen molar-refractivity contribution >= 4 is 10.1 Å². The van der Waals surface area contributed by atoms with Crippen LogP contribution in [0.1, 0.15) is 0 Å². The van der Waals surface area contributed by atoms with Gasteiger partial charge in [-0.05, 0) is 13.1 Å². The van der Waals surface area contributed by atoms with Crippen LogP contribution in [0, 0.1) is 0 Å². The monoisotopic (exact) mass is 231 g/mol. The van der Waals surface area contributed by atoms with Gasteiger partial charge in [0.25, 0.3) is 0 Å². The van der Waals surface area contributed by atoms with Crippen molar-refractivity contribution in [3.8, 4) is 0 Å². The molecule has 82 valence electrons. The van der Waals surface area contributed by atoms with E-state index in [1.165, 1.54) is 6.08 Å². The second-order valence-electron chi connectivity index (χ2n) is 2.85. The van der Waals surface area contributed by atoms with Gasteiger partial charge >= 0.3 is 15.6 Å². The van der Waals surface area contributed by atoms with Crippen LogP contribution in [0.15, 0.2) is 11.8 Å². The summed E-state index contributed by atoms with van der Waals surface area (Å²) in [5.41, 5.74) is -5.37. The summed E-state index contributed by atoms with van der Waals surface area (Å²) in [4.78, 5) is 1.61. The maximum absolute atomic E-state index is 11.8. The maximum Gasteiger partial charge on any atom is 0.534 e. The van der Waals surface area contributed by atoms with E-state index in [1.54, 1.807) is 11.9 Å². The first-order valence-corrected chi connectivity index (χ1v) is 5.01. The summed E-state index contributed by atoms with van der Waals surface area (Å²) in [5, 5.41) is 0. The van der Waals surface area contributed by atoms with Crippen molar-refractivity contribution in [3.63, 3.8) is 0 Å². The standard InChI is InChI=1S/C6H8F3NO3S/c1-10-3-2-5(4-10)13-14(11,12)6(7,8)9/h2H,3-4H2,1H3. The van der Waals surface area contributed by atoms with Gasteiger partial charge in [-0.25, -0.2) is 0 Å². The van der Waals surface area contributed by atoms with E-state index in [9.17, 15) is 21.6 Å². The Kier molecular flexibility index (Phi) is 2.77. The lowest BCUT2D eigenvalue weighted by atomic mass is 10.5. The van der Waals surface area contributed by atoms with Gasteiger partial charge in [0.05, 0.1) is 6.54 Å². The van der Waals surface area contributed by atoms with Gasteiger partial charge in [-0.2, -0.15) is 21.6 Å². The molecule has 0 aromatic rings. The van der Waals surface area contributed by atoms with Gasteiger partial charge in [-0.3, -0.25) is 4.90 Å². The van der Waals surface area contributed by atoms with Crippen molar-refractivity contribution in [1.82, 2.24) is 4.90 Å². The van der Waals surface area contributed by atoms with E-state index < -0.39 is 15.6 Å². The summed E-state index contributed by atoms with van der Waals surface area (Å²) in [6.07, 6.45) is 1.29. The molecule has 0 amide bonds. The smallest absolute Gasteiger partial charge is 0.379 e. The Bertz CT molecular complexity index is 346. The van der Waals surface area contributed by atoms with Gasteiger partial charge in [0, 0.05) is 6.54 Å². The van der Waals surface area contributed by atoms with E-state index >= 15 is 0 Å². The molecule has 1 aliphatic rings. The molecule has 1 heterocycles. The van der Waals surface area contributed by atoms with E-state index in [0.29, 0.717) is 6.54 Å². The lowest BCUT2D eigenvalue weighted by molar-refractivity contribution is -0.0523. The van der Waals surface area contributed by atoms with Crippen LogP contribution in [0.5, 0.6) is 0 Å². The maximum atomic E-state index is 11.8. The van der Waals surface area contributed by atoms with E-state index in [1.807, 2.05) is 0 Å². The highest BCUT2D eigenvalue weighted by atomic mass is 32.2. The van der Waals surface area contributed by atoms with Crippen LogP contribution < -0.4 is 0 Å². The van der Waals surface area contributed by atoms with E-state index in [0.717, 1.165) is 0 Å². The number of hydrogen-bond acceptors (Lipinski definition) is 4. The number of halogens is 3. The Morgan fingerprint density at radius 1 is 1.50 bits per heavy atom. The number of alkyl halides is 3. The average Bonchev–Trinajstić information content (AvgIpc) is 2.31. The molecule has 0 saturated heterocycles. The molecule has 14 heavy (non-hydrogen) atoms. The molecule has 8 heteroatoms. The normalized spacial score (nSPS) is 19.6. The van der Waals surface area contributed by atoms with Gasteiger partial charge in [-0.15, -0.1) is 0 Å². The van der Waals surface area contributed by atoms with Gasteiger partial charge < -0.3 is 4.18 Å². The van der Waals surface area contributed by atoms with Crippen LogP contribution in [0.3, 0.4) is 0 Å². The lowest BCUT2D eigenvalue weighted by Crippen LogP contribution is -2.26. The Morgan fingerprint density at radius 3 is 2.43 bits per heavy atom. The highest BCUT2D eigenvalue weighted by Gasteiger charge is 2.49.